The second-order valence-electron chi connectivity index (χ2n) is 6.76. The summed E-state index contributed by atoms with van der Waals surface area (Å²) in [4.78, 5) is 16.8. The van der Waals surface area contributed by atoms with Crippen molar-refractivity contribution in [2.24, 2.45) is 0 Å². The van der Waals surface area contributed by atoms with E-state index in [1.54, 1.807) is 12.4 Å². The Hall–Kier alpha value is -2.67. The average molecular weight is 396 g/mol. The minimum atomic E-state index is -0.300. The van der Waals surface area contributed by atoms with Gasteiger partial charge in [-0.3, -0.25) is 9.78 Å². The van der Waals surface area contributed by atoms with Crippen LogP contribution in [0.5, 0.6) is 0 Å². The first-order valence-electron chi connectivity index (χ1n) is 9.38. The van der Waals surface area contributed by atoms with Crippen molar-refractivity contribution in [1.82, 2.24) is 19.7 Å². The first kappa shape index (κ1) is 20.1. The number of rotatable bonds is 7. The van der Waals surface area contributed by atoms with Crippen LogP contribution >= 0.6 is 11.8 Å². The van der Waals surface area contributed by atoms with E-state index in [1.165, 1.54) is 17.3 Å². The first-order chi connectivity index (χ1) is 13.5. The number of pyridine rings is 1. The van der Waals surface area contributed by atoms with E-state index in [4.69, 9.17) is 0 Å². The number of hydrogen-bond donors (Lipinski definition) is 1. The van der Waals surface area contributed by atoms with Crippen molar-refractivity contribution >= 4 is 23.4 Å². The van der Waals surface area contributed by atoms with Gasteiger partial charge in [0.25, 0.3) is 0 Å². The van der Waals surface area contributed by atoms with Crippen LogP contribution in [0.3, 0.4) is 0 Å². The van der Waals surface area contributed by atoms with E-state index in [-0.39, 0.29) is 11.2 Å². The predicted octanol–water partition coefficient (Wildman–Crippen LogP) is 4.49. The number of aromatic nitrogens is 4. The highest BCUT2D eigenvalue weighted by Crippen LogP contribution is 2.28. The molecule has 0 fully saturated rings. The molecule has 1 aromatic carbocycles. The molecule has 7 heteroatoms. The molecule has 0 unspecified atom stereocenters. The number of anilines is 1. The lowest BCUT2D eigenvalue weighted by Gasteiger charge is -2.14. The van der Waals surface area contributed by atoms with Crippen LogP contribution in [0.2, 0.25) is 0 Å². The fourth-order valence-electron chi connectivity index (χ4n) is 2.92. The Morgan fingerprint density at radius 3 is 2.61 bits per heavy atom. The molecular formula is C21H25N5OS. The van der Waals surface area contributed by atoms with Gasteiger partial charge in [0.05, 0.1) is 5.25 Å². The third-order valence-corrected chi connectivity index (χ3v) is 5.47. The van der Waals surface area contributed by atoms with Crippen LogP contribution in [-0.2, 0) is 11.3 Å². The summed E-state index contributed by atoms with van der Waals surface area (Å²) in [5.74, 6) is 0.752. The molecular weight excluding hydrogens is 370 g/mol. The van der Waals surface area contributed by atoms with Gasteiger partial charge in [-0.25, -0.2) is 0 Å². The Bertz CT molecular complexity index is 955. The Balaban J connectivity index is 1.77. The molecule has 0 bridgehead atoms. The first-order valence-corrected chi connectivity index (χ1v) is 10.3. The van der Waals surface area contributed by atoms with Crippen LogP contribution in [-0.4, -0.2) is 30.9 Å². The van der Waals surface area contributed by atoms with Crippen molar-refractivity contribution < 1.29 is 4.79 Å². The molecule has 0 saturated carbocycles. The molecule has 146 valence electrons. The van der Waals surface area contributed by atoms with Crippen LogP contribution in [0, 0.1) is 13.8 Å². The van der Waals surface area contributed by atoms with Gasteiger partial charge in [-0.1, -0.05) is 36.4 Å². The number of aryl methyl sites for hydroxylation is 2. The maximum atomic E-state index is 12.7. The Morgan fingerprint density at radius 2 is 1.93 bits per heavy atom. The van der Waals surface area contributed by atoms with Gasteiger partial charge in [-0.05, 0) is 51.0 Å². The van der Waals surface area contributed by atoms with Crippen LogP contribution in [0.25, 0.3) is 11.4 Å². The van der Waals surface area contributed by atoms with Gasteiger partial charge in [0.15, 0.2) is 11.0 Å². The summed E-state index contributed by atoms with van der Waals surface area (Å²) in [7, 11) is 0. The van der Waals surface area contributed by atoms with E-state index in [0.717, 1.165) is 40.8 Å². The monoisotopic (exact) mass is 395 g/mol. The molecule has 3 rings (SSSR count). The quantitative estimate of drug-likeness (QED) is 0.597. The highest BCUT2D eigenvalue weighted by molar-refractivity contribution is 8.00. The summed E-state index contributed by atoms with van der Waals surface area (Å²) in [6.45, 7) is 8.83. The molecule has 1 N–H and O–H groups in total. The third-order valence-electron chi connectivity index (χ3n) is 4.39. The summed E-state index contributed by atoms with van der Waals surface area (Å²) < 4.78 is 2.07. The van der Waals surface area contributed by atoms with Gasteiger partial charge >= 0.3 is 0 Å². The summed E-state index contributed by atoms with van der Waals surface area (Å²) in [5, 5.41) is 12.2. The number of carbonyl (C=O) groups excluding carboxylic acids is 1. The molecule has 2 aromatic heterocycles. The molecule has 3 aromatic rings. The summed E-state index contributed by atoms with van der Waals surface area (Å²) in [5.41, 5.74) is 4.04. The van der Waals surface area contributed by atoms with Crippen LogP contribution in [0.1, 0.15) is 31.4 Å². The summed E-state index contributed by atoms with van der Waals surface area (Å²) >= 11 is 1.42. The number of nitrogens with zero attached hydrogens (tertiary/aromatic N) is 4. The fourth-order valence-corrected chi connectivity index (χ4v) is 3.79. The van der Waals surface area contributed by atoms with Crippen molar-refractivity contribution in [3.8, 4) is 11.4 Å². The number of nitrogens with one attached hydrogen (secondary N) is 1. The van der Waals surface area contributed by atoms with E-state index >= 15 is 0 Å². The standard InChI is InChI=1S/C21H25N5OS/c1-5-12-26-19(17-8-10-22-11-9-17)24-25-21(26)28-16(4)20(27)23-18-7-6-14(2)13-15(18)3/h6-11,13,16H,5,12H2,1-4H3,(H,23,27)/t16-/m1/s1. The lowest BCUT2D eigenvalue weighted by molar-refractivity contribution is -0.115. The van der Waals surface area contributed by atoms with E-state index in [2.05, 4.69) is 38.1 Å². The largest absolute Gasteiger partial charge is 0.325 e. The third kappa shape index (κ3) is 4.59. The molecule has 1 amide bonds. The zero-order chi connectivity index (χ0) is 20.1. The van der Waals surface area contributed by atoms with E-state index in [1.807, 2.05) is 45.0 Å². The van der Waals surface area contributed by atoms with Crippen LogP contribution < -0.4 is 5.32 Å². The van der Waals surface area contributed by atoms with Crippen molar-refractivity contribution in [3.63, 3.8) is 0 Å². The Kier molecular flexibility index (Phi) is 6.46. The number of carbonyl (C=O) groups is 1. The summed E-state index contributed by atoms with van der Waals surface area (Å²) in [6, 6.07) is 9.84. The minimum absolute atomic E-state index is 0.0477. The molecule has 0 aliphatic rings. The van der Waals surface area contributed by atoms with Crippen LogP contribution in [0.4, 0.5) is 5.69 Å². The maximum absolute atomic E-state index is 12.7. The van der Waals surface area contributed by atoms with Gasteiger partial charge in [0.1, 0.15) is 0 Å². The molecule has 0 saturated heterocycles. The Morgan fingerprint density at radius 1 is 1.18 bits per heavy atom. The van der Waals surface area contributed by atoms with Crippen molar-refractivity contribution in [1.29, 1.82) is 0 Å². The van der Waals surface area contributed by atoms with Crippen LogP contribution in [0.15, 0.2) is 47.9 Å². The van der Waals surface area contributed by atoms with Crippen molar-refractivity contribution in [3.05, 3.63) is 53.9 Å². The van der Waals surface area contributed by atoms with E-state index in [0.29, 0.717) is 0 Å². The second-order valence-corrected chi connectivity index (χ2v) is 8.07. The van der Waals surface area contributed by atoms with Gasteiger partial charge in [0.2, 0.25) is 5.91 Å². The normalized spacial score (nSPS) is 12.0. The second kappa shape index (κ2) is 9.01. The zero-order valence-electron chi connectivity index (χ0n) is 16.6. The SMILES string of the molecule is CCCn1c(S[C@H](C)C(=O)Nc2ccc(C)cc2C)nnc1-c1ccncc1. The predicted molar refractivity (Wildman–Crippen MR) is 113 cm³/mol. The molecule has 6 nitrogen and oxygen atoms in total. The van der Waals surface area contributed by atoms with Gasteiger partial charge in [-0.2, -0.15) is 0 Å². The van der Waals surface area contributed by atoms with Gasteiger partial charge < -0.3 is 9.88 Å². The zero-order valence-corrected chi connectivity index (χ0v) is 17.5. The lowest BCUT2D eigenvalue weighted by Crippen LogP contribution is -2.23. The maximum Gasteiger partial charge on any atom is 0.237 e. The smallest absolute Gasteiger partial charge is 0.237 e. The fraction of sp³-hybridized carbons (Fsp3) is 0.333. The average Bonchev–Trinajstić information content (AvgIpc) is 3.07. The number of thioether (sulfide) groups is 1. The molecule has 0 aliphatic carbocycles. The highest BCUT2D eigenvalue weighted by Gasteiger charge is 2.21. The lowest BCUT2D eigenvalue weighted by atomic mass is 10.1. The molecule has 2 heterocycles. The summed E-state index contributed by atoms with van der Waals surface area (Å²) in [6.07, 6.45) is 4.44. The number of benzene rings is 1. The Labute approximate surface area is 169 Å². The molecule has 28 heavy (non-hydrogen) atoms. The van der Waals surface area contributed by atoms with Crippen molar-refractivity contribution in [2.75, 3.05) is 5.32 Å². The molecule has 0 aliphatic heterocycles. The van der Waals surface area contributed by atoms with Gasteiger partial charge in [0, 0.05) is 30.2 Å². The molecule has 0 radical (unpaired) electrons. The molecule has 1 atom stereocenters. The van der Waals surface area contributed by atoms with Crippen molar-refractivity contribution in [2.45, 2.75) is 51.1 Å². The van der Waals surface area contributed by atoms with E-state index in [9.17, 15) is 4.79 Å². The minimum Gasteiger partial charge on any atom is -0.325 e. The highest BCUT2D eigenvalue weighted by atomic mass is 32.2. The number of hydrogen-bond acceptors (Lipinski definition) is 5. The molecule has 0 spiro atoms. The van der Waals surface area contributed by atoms with E-state index < -0.39 is 0 Å². The topological polar surface area (TPSA) is 72.7 Å². The number of amides is 1. The van der Waals surface area contributed by atoms with Gasteiger partial charge in [-0.15, -0.1) is 10.2 Å².